The molecule has 1 aliphatic rings. The fraction of sp³-hybridized carbons (Fsp3) is 0.400. The molecule has 11 heteroatoms. The van der Waals surface area contributed by atoms with Crippen LogP contribution >= 0.6 is 11.6 Å². The second-order valence-corrected chi connectivity index (χ2v) is 6.19. The van der Waals surface area contributed by atoms with Crippen LogP contribution in [0.25, 0.3) is 11.4 Å². The molecule has 0 aliphatic carbocycles. The Kier molecular flexibility index (Phi) is 5.15. The van der Waals surface area contributed by atoms with Crippen molar-refractivity contribution in [1.82, 2.24) is 20.3 Å². The van der Waals surface area contributed by atoms with Crippen molar-refractivity contribution in [2.75, 3.05) is 31.1 Å². The van der Waals surface area contributed by atoms with Gasteiger partial charge in [-0.1, -0.05) is 11.6 Å². The fourth-order valence-electron chi connectivity index (χ4n) is 2.67. The topological polar surface area (TPSA) is 73.9 Å². The van der Waals surface area contributed by atoms with E-state index >= 15 is 0 Å². The van der Waals surface area contributed by atoms with Gasteiger partial charge in [-0.15, -0.1) is 0 Å². The maximum absolute atomic E-state index is 13.3. The Bertz CT molecular complexity index is 857. The summed E-state index contributed by atoms with van der Waals surface area (Å²) in [6, 6.07) is 2.47. The number of nitrogens with one attached hydrogen (secondary N) is 2. The van der Waals surface area contributed by atoms with Crippen molar-refractivity contribution >= 4 is 17.4 Å². The van der Waals surface area contributed by atoms with E-state index in [0.29, 0.717) is 0 Å². The van der Waals surface area contributed by atoms with Gasteiger partial charge < -0.3 is 15.2 Å². The number of aromatic amines is 1. The van der Waals surface area contributed by atoms with E-state index in [9.17, 15) is 22.4 Å². The van der Waals surface area contributed by atoms with Crippen molar-refractivity contribution in [3.63, 3.8) is 0 Å². The minimum atomic E-state index is -4.40. The Morgan fingerprint density at radius 2 is 2.12 bits per heavy atom. The number of nitrogens with zero attached hydrogens (tertiary/aromatic N) is 3. The number of hydrogen-bond acceptors (Lipinski definition) is 5. The van der Waals surface area contributed by atoms with Crippen LogP contribution in [0.4, 0.5) is 23.4 Å². The Hall–Kier alpha value is -2.20. The molecule has 1 saturated heterocycles. The maximum atomic E-state index is 13.3. The lowest BCUT2D eigenvalue weighted by Gasteiger charge is -2.27. The van der Waals surface area contributed by atoms with Gasteiger partial charge >= 0.3 is 6.18 Å². The molecule has 1 aliphatic heterocycles. The van der Waals surface area contributed by atoms with E-state index in [2.05, 4.69) is 20.3 Å². The van der Waals surface area contributed by atoms with Gasteiger partial charge in [0, 0.05) is 44.0 Å². The van der Waals surface area contributed by atoms with Gasteiger partial charge in [0.25, 0.3) is 5.56 Å². The number of halogens is 5. The molecule has 140 valence electrons. The minimum absolute atomic E-state index is 0.00327. The van der Waals surface area contributed by atoms with Gasteiger partial charge in [0.05, 0.1) is 5.92 Å². The normalized spacial score (nSPS) is 18.7. The SMILES string of the molecule is O=c1[nH]c(-c2ccnc(F)c2)nc(N2CCNCC(C(F)(F)F)C2)c1Cl. The standard InChI is InChI=1S/C15H14ClF4N5O/c16-11-13(25-4-3-21-6-9(7-25)15(18,19)20)23-12(24-14(11)26)8-1-2-22-10(17)5-8/h1-2,5,9,21H,3-4,6-7H2,(H,23,24,26). The average Bonchev–Trinajstić information content (AvgIpc) is 2.83. The summed E-state index contributed by atoms with van der Waals surface area (Å²) in [6.07, 6.45) is -3.21. The third-order valence-electron chi connectivity index (χ3n) is 4.00. The highest BCUT2D eigenvalue weighted by Gasteiger charge is 2.41. The van der Waals surface area contributed by atoms with Crippen molar-refractivity contribution < 1.29 is 17.6 Å². The van der Waals surface area contributed by atoms with E-state index in [1.165, 1.54) is 17.2 Å². The van der Waals surface area contributed by atoms with Crippen molar-refractivity contribution in [2.45, 2.75) is 6.18 Å². The highest BCUT2D eigenvalue weighted by Crippen LogP contribution is 2.30. The van der Waals surface area contributed by atoms with E-state index in [1.54, 1.807) is 0 Å². The zero-order valence-corrected chi connectivity index (χ0v) is 14.0. The monoisotopic (exact) mass is 391 g/mol. The molecule has 26 heavy (non-hydrogen) atoms. The van der Waals surface area contributed by atoms with Crippen LogP contribution < -0.4 is 15.8 Å². The van der Waals surface area contributed by atoms with E-state index < -0.39 is 30.1 Å². The van der Waals surface area contributed by atoms with E-state index in [0.717, 1.165) is 6.07 Å². The van der Waals surface area contributed by atoms with Crippen molar-refractivity contribution in [1.29, 1.82) is 0 Å². The molecular formula is C15H14ClF4N5O. The molecule has 1 atom stereocenters. The second-order valence-electron chi connectivity index (χ2n) is 5.81. The Morgan fingerprint density at radius 3 is 2.81 bits per heavy atom. The number of H-pyrrole nitrogens is 1. The highest BCUT2D eigenvalue weighted by molar-refractivity contribution is 6.32. The number of pyridine rings is 1. The molecule has 2 N–H and O–H groups in total. The van der Waals surface area contributed by atoms with Crippen LogP contribution in [0.3, 0.4) is 0 Å². The van der Waals surface area contributed by atoms with Crippen LogP contribution in [0.5, 0.6) is 0 Å². The van der Waals surface area contributed by atoms with Gasteiger partial charge in [0.15, 0.2) is 5.82 Å². The first-order valence-electron chi connectivity index (χ1n) is 7.70. The summed E-state index contributed by atoms with van der Waals surface area (Å²) in [5.74, 6) is -2.49. The molecule has 0 aromatic carbocycles. The Balaban J connectivity index is 2.02. The van der Waals surface area contributed by atoms with Crippen LogP contribution in [0.1, 0.15) is 0 Å². The van der Waals surface area contributed by atoms with Crippen molar-refractivity contribution in [2.24, 2.45) is 5.92 Å². The lowest BCUT2D eigenvalue weighted by Crippen LogP contribution is -2.39. The first-order valence-corrected chi connectivity index (χ1v) is 8.07. The van der Waals surface area contributed by atoms with E-state index in [-0.39, 0.29) is 41.9 Å². The molecule has 0 radical (unpaired) electrons. The summed E-state index contributed by atoms with van der Waals surface area (Å²) >= 11 is 6.00. The zero-order valence-electron chi connectivity index (χ0n) is 13.3. The van der Waals surface area contributed by atoms with Gasteiger partial charge in [-0.25, -0.2) is 9.97 Å². The predicted molar refractivity (Wildman–Crippen MR) is 87.7 cm³/mol. The molecular weight excluding hydrogens is 378 g/mol. The summed E-state index contributed by atoms with van der Waals surface area (Å²) in [4.78, 5) is 23.4. The lowest BCUT2D eigenvalue weighted by molar-refractivity contribution is -0.169. The van der Waals surface area contributed by atoms with E-state index in [4.69, 9.17) is 11.6 Å². The summed E-state index contributed by atoms with van der Waals surface area (Å²) < 4.78 is 52.8. The second kappa shape index (κ2) is 7.20. The van der Waals surface area contributed by atoms with Crippen molar-refractivity contribution in [3.8, 4) is 11.4 Å². The van der Waals surface area contributed by atoms with Crippen LogP contribution in [0.15, 0.2) is 23.1 Å². The molecule has 3 heterocycles. The molecule has 1 unspecified atom stereocenters. The van der Waals surface area contributed by atoms with Gasteiger partial charge in [0.2, 0.25) is 5.95 Å². The molecule has 0 amide bonds. The number of rotatable bonds is 2. The summed E-state index contributed by atoms with van der Waals surface area (Å²) in [5.41, 5.74) is -0.488. The third-order valence-corrected chi connectivity index (χ3v) is 4.34. The third kappa shape index (κ3) is 3.96. The fourth-order valence-corrected chi connectivity index (χ4v) is 2.88. The predicted octanol–water partition coefficient (Wildman–Crippen LogP) is 2.21. The molecule has 0 bridgehead atoms. The Morgan fingerprint density at radius 1 is 1.35 bits per heavy atom. The van der Waals surface area contributed by atoms with Crippen LogP contribution in [0, 0.1) is 11.9 Å². The molecule has 0 saturated carbocycles. The molecule has 6 nitrogen and oxygen atoms in total. The highest BCUT2D eigenvalue weighted by atomic mass is 35.5. The van der Waals surface area contributed by atoms with Crippen LogP contribution in [-0.4, -0.2) is 47.3 Å². The number of anilines is 1. The average molecular weight is 392 g/mol. The van der Waals surface area contributed by atoms with Crippen molar-refractivity contribution in [3.05, 3.63) is 39.7 Å². The van der Waals surface area contributed by atoms with Gasteiger partial charge in [-0.05, 0) is 6.07 Å². The molecule has 1 fully saturated rings. The number of aromatic nitrogens is 3. The maximum Gasteiger partial charge on any atom is 0.394 e. The Labute approximate surface area is 150 Å². The van der Waals surface area contributed by atoms with Gasteiger partial charge in [0.1, 0.15) is 10.8 Å². The van der Waals surface area contributed by atoms with Crippen LogP contribution in [0.2, 0.25) is 5.02 Å². The molecule has 2 aromatic rings. The quantitative estimate of drug-likeness (QED) is 0.606. The number of alkyl halides is 3. The first-order chi connectivity index (χ1) is 12.3. The summed E-state index contributed by atoms with van der Waals surface area (Å²) in [5, 5.41) is 2.40. The zero-order chi connectivity index (χ0) is 18.9. The molecule has 3 rings (SSSR count). The number of hydrogen-bond donors (Lipinski definition) is 2. The van der Waals surface area contributed by atoms with Gasteiger partial charge in [-0.2, -0.15) is 17.6 Å². The smallest absolute Gasteiger partial charge is 0.353 e. The first kappa shape index (κ1) is 18.6. The molecule has 2 aromatic heterocycles. The van der Waals surface area contributed by atoms with E-state index in [1.807, 2.05) is 0 Å². The lowest BCUT2D eigenvalue weighted by atomic mass is 10.1. The minimum Gasteiger partial charge on any atom is -0.353 e. The summed E-state index contributed by atoms with van der Waals surface area (Å²) in [6.45, 7) is -0.163. The molecule has 0 spiro atoms. The largest absolute Gasteiger partial charge is 0.394 e. The van der Waals surface area contributed by atoms with Gasteiger partial charge in [-0.3, -0.25) is 4.79 Å². The summed E-state index contributed by atoms with van der Waals surface area (Å²) in [7, 11) is 0. The van der Waals surface area contributed by atoms with Crippen LogP contribution in [-0.2, 0) is 0 Å².